The molecule has 0 bridgehead atoms. The van der Waals surface area contributed by atoms with Gasteiger partial charge in [0.25, 0.3) is 0 Å². The number of amides is 1. The van der Waals surface area contributed by atoms with Crippen LogP contribution in [0.5, 0.6) is 0 Å². The lowest BCUT2D eigenvalue weighted by atomic mass is 10.1. The number of carbonyl (C=O) groups is 1. The summed E-state index contributed by atoms with van der Waals surface area (Å²) < 4.78 is 0. The number of hydrogen-bond acceptors (Lipinski definition) is 2. The Morgan fingerprint density at radius 2 is 1.80 bits per heavy atom. The fourth-order valence-electron chi connectivity index (χ4n) is 1.48. The van der Waals surface area contributed by atoms with Crippen molar-refractivity contribution in [1.82, 2.24) is 4.90 Å². The molecule has 0 fully saturated rings. The highest BCUT2D eigenvalue weighted by Crippen LogP contribution is 2.08. The van der Waals surface area contributed by atoms with Gasteiger partial charge in [-0.3, -0.25) is 4.79 Å². The van der Waals surface area contributed by atoms with Crippen molar-refractivity contribution in [3.8, 4) is 0 Å². The number of hydrogen-bond donors (Lipinski definition) is 1. The number of carbonyl (C=O) groups excluding carboxylic acids is 1. The van der Waals surface area contributed by atoms with E-state index in [0.717, 1.165) is 13.0 Å². The Kier molecular flexibility index (Phi) is 6.57. The monoisotopic (exact) mass is 214 g/mol. The third-order valence-corrected chi connectivity index (χ3v) is 2.47. The molecule has 0 radical (unpaired) electrons. The third-order valence-electron chi connectivity index (χ3n) is 2.47. The average molecular weight is 214 g/mol. The lowest BCUT2D eigenvalue weighted by molar-refractivity contribution is -0.133. The first-order valence-corrected chi connectivity index (χ1v) is 5.93. The van der Waals surface area contributed by atoms with Crippen molar-refractivity contribution in [3.05, 3.63) is 0 Å². The summed E-state index contributed by atoms with van der Waals surface area (Å²) in [6, 6.07) is 0.273. The van der Waals surface area contributed by atoms with E-state index in [1.807, 2.05) is 11.8 Å². The van der Waals surface area contributed by atoms with Crippen LogP contribution in [0.25, 0.3) is 0 Å². The molecule has 0 heterocycles. The Labute approximate surface area is 94.0 Å². The fraction of sp³-hybridized carbons (Fsp3) is 0.917. The molecule has 0 rings (SSSR count). The zero-order valence-electron chi connectivity index (χ0n) is 10.8. The van der Waals surface area contributed by atoms with Crippen LogP contribution >= 0.6 is 0 Å². The molecule has 0 spiro atoms. The minimum absolute atomic E-state index is 0.00547. The first-order chi connectivity index (χ1) is 6.88. The number of rotatable bonds is 6. The predicted octanol–water partition coefficient (Wildman–Crippen LogP) is 2.01. The second-order valence-electron chi connectivity index (χ2n) is 4.91. The Hall–Kier alpha value is -0.570. The molecule has 0 aromatic rings. The van der Waals surface area contributed by atoms with Crippen molar-refractivity contribution in [2.24, 2.45) is 11.7 Å². The van der Waals surface area contributed by atoms with Gasteiger partial charge in [0, 0.05) is 25.0 Å². The van der Waals surface area contributed by atoms with Gasteiger partial charge in [-0.2, -0.15) is 0 Å². The van der Waals surface area contributed by atoms with E-state index in [9.17, 15) is 4.79 Å². The van der Waals surface area contributed by atoms with Gasteiger partial charge >= 0.3 is 0 Å². The quantitative estimate of drug-likeness (QED) is 0.735. The van der Waals surface area contributed by atoms with E-state index in [0.29, 0.717) is 12.3 Å². The molecule has 90 valence electrons. The van der Waals surface area contributed by atoms with E-state index in [2.05, 4.69) is 27.7 Å². The number of nitrogens with zero attached hydrogens (tertiary/aromatic N) is 1. The van der Waals surface area contributed by atoms with Crippen molar-refractivity contribution in [1.29, 1.82) is 0 Å². The Morgan fingerprint density at radius 3 is 2.13 bits per heavy atom. The maximum Gasteiger partial charge on any atom is 0.224 e. The van der Waals surface area contributed by atoms with Crippen LogP contribution in [-0.4, -0.2) is 29.4 Å². The van der Waals surface area contributed by atoms with Crippen molar-refractivity contribution < 1.29 is 4.79 Å². The maximum absolute atomic E-state index is 11.9. The molecule has 0 aromatic heterocycles. The molecule has 0 saturated heterocycles. The van der Waals surface area contributed by atoms with Gasteiger partial charge in [-0.15, -0.1) is 0 Å². The minimum atomic E-state index is 0.00547. The van der Waals surface area contributed by atoms with Crippen LogP contribution in [0.2, 0.25) is 0 Å². The van der Waals surface area contributed by atoms with E-state index < -0.39 is 0 Å². The van der Waals surface area contributed by atoms with Crippen LogP contribution in [0.4, 0.5) is 0 Å². The second-order valence-corrected chi connectivity index (χ2v) is 4.91. The van der Waals surface area contributed by atoms with Gasteiger partial charge in [-0.25, -0.2) is 0 Å². The summed E-state index contributed by atoms with van der Waals surface area (Å²) in [6.45, 7) is 11.2. The molecule has 1 amide bonds. The van der Waals surface area contributed by atoms with Crippen LogP contribution in [0.15, 0.2) is 0 Å². The Morgan fingerprint density at radius 1 is 1.27 bits per heavy atom. The molecule has 0 aliphatic rings. The molecule has 15 heavy (non-hydrogen) atoms. The predicted molar refractivity (Wildman–Crippen MR) is 64.6 cm³/mol. The molecule has 3 nitrogen and oxygen atoms in total. The van der Waals surface area contributed by atoms with E-state index in [4.69, 9.17) is 5.73 Å². The van der Waals surface area contributed by atoms with Crippen LogP contribution in [0, 0.1) is 5.92 Å². The largest absolute Gasteiger partial charge is 0.340 e. The highest BCUT2D eigenvalue weighted by molar-refractivity contribution is 5.77. The summed E-state index contributed by atoms with van der Waals surface area (Å²) in [6.07, 6.45) is 1.33. The van der Waals surface area contributed by atoms with E-state index in [-0.39, 0.29) is 18.0 Å². The molecule has 2 N–H and O–H groups in total. The molecule has 0 aromatic carbocycles. The molecular weight excluding hydrogens is 188 g/mol. The fourth-order valence-corrected chi connectivity index (χ4v) is 1.48. The van der Waals surface area contributed by atoms with Crippen molar-refractivity contribution in [2.75, 3.05) is 6.54 Å². The van der Waals surface area contributed by atoms with Crippen LogP contribution < -0.4 is 5.73 Å². The Bertz CT molecular complexity index is 190. The van der Waals surface area contributed by atoms with E-state index in [1.165, 1.54) is 0 Å². The van der Waals surface area contributed by atoms with Gasteiger partial charge in [0.2, 0.25) is 5.91 Å². The smallest absolute Gasteiger partial charge is 0.224 e. The second kappa shape index (κ2) is 6.83. The highest BCUT2D eigenvalue weighted by atomic mass is 16.2. The van der Waals surface area contributed by atoms with Crippen LogP contribution in [0.1, 0.15) is 47.5 Å². The molecule has 0 aliphatic heterocycles. The Balaban J connectivity index is 4.29. The van der Waals surface area contributed by atoms with Crippen LogP contribution in [0.3, 0.4) is 0 Å². The van der Waals surface area contributed by atoms with E-state index >= 15 is 0 Å². The van der Waals surface area contributed by atoms with Gasteiger partial charge in [-0.05, 0) is 26.2 Å². The zero-order chi connectivity index (χ0) is 12.0. The standard InChI is InChI=1S/C12H26N2O/c1-6-11(13)7-12(15)14(10(4)5)8-9(2)3/h9-11H,6-8,13H2,1-5H3. The summed E-state index contributed by atoms with van der Waals surface area (Å²) in [4.78, 5) is 13.9. The summed E-state index contributed by atoms with van der Waals surface area (Å²) in [7, 11) is 0. The first kappa shape index (κ1) is 14.4. The van der Waals surface area contributed by atoms with Crippen molar-refractivity contribution in [2.45, 2.75) is 59.5 Å². The topological polar surface area (TPSA) is 46.3 Å². The zero-order valence-corrected chi connectivity index (χ0v) is 10.8. The molecule has 1 unspecified atom stereocenters. The summed E-state index contributed by atoms with van der Waals surface area (Å²) in [5, 5.41) is 0. The lowest BCUT2D eigenvalue weighted by Crippen LogP contribution is -2.42. The van der Waals surface area contributed by atoms with Gasteiger partial charge < -0.3 is 10.6 Å². The van der Waals surface area contributed by atoms with Gasteiger partial charge in [0.05, 0.1) is 0 Å². The summed E-state index contributed by atoms with van der Waals surface area (Å²) >= 11 is 0. The van der Waals surface area contributed by atoms with E-state index in [1.54, 1.807) is 0 Å². The van der Waals surface area contributed by atoms with Gasteiger partial charge in [0.15, 0.2) is 0 Å². The summed E-state index contributed by atoms with van der Waals surface area (Å²) in [5.41, 5.74) is 5.80. The lowest BCUT2D eigenvalue weighted by Gasteiger charge is -2.29. The van der Waals surface area contributed by atoms with Gasteiger partial charge in [-0.1, -0.05) is 20.8 Å². The summed E-state index contributed by atoms with van der Waals surface area (Å²) in [5.74, 6) is 0.697. The molecule has 0 saturated carbocycles. The highest BCUT2D eigenvalue weighted by Gasteiger charge is 2.19. The molecular formula is C12H26N2O. The molecule has 0 aliphatic carbocycles. The molecule has 1 atom stereocenters. The third kappa shape index (κ3) is 5.78. The SMILES string of the molecule is CCC(N)CC(=O)N(CC(C)C)C(C)C. The average Bonchev–Trinajstić information content (AvgIpc) is 2.12. The molecule has 3 heteroatoms. The van der Waals surface area contributed by atoms with Crippen molar-refractivity contribution in [3.63, 3.8) is 0 Å². The number of nitrogens with two attached hydrogens (primary N) is 1. The normalized spacial score (nSPS) is 13.3. The first-order valence-electron chi connectivity index (χ1n) is 5.93. The van der Waals surface area contributed by atoms with Crippen LogP contribution in [-0.2, 0) is 4.79 Å². The van der Waals surface area contributed by atoms with Crippen molar-refractivity contribution >= 4 is 5.91 Å². The maximum atomic E-state index is 11.9. The van der Waals surface area contributed by atoms with Gasteiger partial charge in [0.1, 0.15) is 0 Å². The minimum Gasteiger partial charge on any atom is -0.340 e.